The average Bonchev–Trinajstić information content (AvgIpc) is 2.37. The Labute approximate surface area is 106 Å². The van der Waals surface area contributed by atoms with Gasteiger partial charge in [0.2, 0.25) is 0 Å². The van der Waals surface area contributed by atoms with Crippen LogP contribution in [0.4, 0.5) is 4.79 Å². The molecule has 0 radical (unpaired) electrons. The molecule has 2 amide bonds. The van der Waals surface area contributed by atoms with E-state index < -0.39 is 12.1 Å². The van der Waals surface area contributed by atoms with E-state index in [1.165, 1.54) is 0 Å². The number of urea groups is 1. The van der Waals surface area contributed by atoms with Gasteiger partial charge >= 0.3 is 12.0 Å². The van der Waals surface area contributed by atoms with Crippen LogP contribution in [0.5, 0.6) is 0 Å². The highest BCUT2D eigenvalue weighted by Gasteiger charge is 2.15. The lowest BCUT2D eigenvalue weighted by molar-refractivity contribution is -0.146. The zero-order valence-electron chi connectivity index (χ0n) is 10.2. The minimum absolute atomic E-state index is 0.0000217. The van der Waals surface area contributed by atoms with Crippen molar-refractivity contribution >= 4 is 12.0 Å². The summed E-state index contributed by atoms with van der Waals surface area (Å²) in [4.78, 5) is 21.7. The monoisotopic (exact) mass is 260 g/mol. The van der Waals surface area contributed by atoms with Crippen LogP contribution in [0.2, 0.25) is 0 Å². The molecule has 0 bridgehead atoms. The first-order valence-electron chi connectivity index (χ1n) is 6.10. The Kier molecular flexibility index (Phi) is 6.45. The molecule has 1 aliphatic rings. The number of hydrogen-bond acceptors (Lipinski definition) is 4. The maximum atomic E-state index is 11.4. The zero-order chi connectivity index (χ0) is 13.4. The summed E-state index contributed by atoms with van der Waals surface area (Å²) in [6.45, 7) is 2.20. The van der Waals surface area contributed by atoms with Crippen molar-refractivity contribution in [2.75, 3.05) is 26.3 Å². The molecule has 0 saturated carbocycles. The topological polar surface area (TPSA) is 108 Å². The molecule has 0 aromatic carbocycles. The number of nitrogens with one attached hydrogen (secondary N) is 2. The van der Waals surface area contributed by atoms with Gasteiger partial charge < -0.3 is 25.6 Å². The number of carbonyl (C=O) groups is 2. The molecule has 1 atom stereocenters. The molecular weight excluding hydrogens is 240 g/mol. The maximum absolute atomic E-state index is 11.4. The SMILES string of the molecule is O=C(NCCC(O)C(=O)O)NCC1CCOCC1. The second-order valence-corrected chi connectivity index (χ2v) is 4.34. The van der Waals surface area contributed by atoms with Crippen LogP contribution >= 0.6 is 0 Å². The number of aliphatic hydroxyl groups excluding tert-OH is 1. The summed E-state index contributed by atoms with van der Waals surface area (Å²) < 4.78 is 5.21. The summed E-state index contributed by atoms with van der Waals surface area (Å²) in [5.41, 5.74) is 0. The van der Waals surface area contributed by atoms with Gasteiger partial charge in [0.25, 0.3) is 0 Å². The van der Waals surface area contributed by atoms with Gasteiger partial charge in [0.15, 0.2) is 6.10 Å². The van der Waals surface area contributed by atoms with Gasteiger partial charge in [-0.2, -0.15) is 0 Å². The molecule has 7 heteroatoms. The van der Waals surface area contributed by atoms with Crippen molar-refractivity contribution in [2.24, 2.45) is 5.92 Å². The normalized spacial score (nSPS) is 18.1. The predicted octanol–water partition coefficient (Wildman–Crippen LogP) is -0.452. The Bertz CT molecular complexity index is 279. The van der Waals surface area contributed by atoms with E-state index in [0.29, 0.717) is 12.5 Å². The number of aliphatic hydroxyl groups is 1. The van der Waals surface area contributed by atoms with E-state index in [1.807, 2.05) is 0 Å². The Morgan fingerprint density at radius 3 is 2.56 bits per heavy atom. The number of amides is 2. The number of rotatable bonds is 6. The first kappa shape index (κ1) is 14.7. The molecule has 1 saturated heterocycles. The highest BCUT2D eigenvalue weighted by atomic mass is 16.5. The first-order valence-corrected chi connectivity index (χ1v) is 6.10. The molecule has 1 rings (SSSR count). The molecule has 0 aromatic rings. The second kappa shape index (κ2) is 7.88. The molecule has 4 N–H and O–H groups in total. The standard InChI is InChI=1S/C11H20N2O5/c14-9(10(15)16)1-4-12-11(17)13-7-8-2-5-18-6-3-8/h8-9,14H,1-7H2,(H,15,16)(H2,12,13,17). The third-order valence-corrected chi connectivity index (χ3v) is 2.88. The Balaban J connectivity index is 2.04. The van der Waals surface area contributed by atoms with Crippen molar-refractivity contribution in [1.29, 1.82) is 0 Å². The van der Waals surface area contributed by atoms with Crippen molar-refractivity contribution in [3.05, 3.63) is 0 Å². The number of carboxylic acid groups (broad SMARTS) is 1. The third kappa shape index (κ3) is 5.83. The van der Waals surface area contributed by atoms with Gasteiger partial charge in [-0.25, -0.2) is 9.59 Å². The lowest BCUT2D eigenvalue weighted by atomic mass is 10.0. The van der Waals surface area contributed by atoms with Gasteiger partial charge in [0.1, 0.15) is 0 Å². The molecule has 0 aliphatic carbocycles. The third-order valence-electron chi connectivity index (χ3n) is 2.88. The van der Waals surface area contributed by atoms with E-state index in [4.69, 9.17) is 14.9 Å². The molecule has 0 aromatic heterocycles. The summed E-state index contributed by atoms with van der Waals surface area (Å²) in [5, 5.41) is 22.6. The van der Waals surface area contributed by atoms with Crippen LogP contribution in [0.1, 0.15) is 19.3 Å². The van der Waals surface area contributed by atoms with Crippen LogP contribution in [-0.4, -0.2) is 54.6 Å². The van der Waals surface area contributed by atoms with Crippen LogP contribution in [0, 0.1) is 5.92 Å². The zero-order valence-corrected chi connectivity index (χ0v) is 10.2. The van der Waals surface area contributed by atoms with Crippen LogP contribution < -0.4 is 10.6 Å². The van der Waals surface area contributed by atoms with Crippen molar-refractivity contribution in [3.63, 3.8) is 0 Å². The average molecular weight is 260 g/mol. The van der Waals surface area contributed by atoms with Gasteiger partial charge in [-0.3, -0.25) is 0 Å². The van der Waals surface area contributed by atoms with Gasteiger partial charge in [-0.15, -0.1) is 0 Å². The molecule has 0 spiro atoms. The molecule has 1 heterocycles. The van der Waals surface area contributed by atoms with Crippen LogP contribution in [-0.2, 0) is 9.53 Å². The predicted molar refractivity (Wildman–Crippen MR) is 63.2 cm³/mol. The largest absolute Gasteiger partial charge is 0.479 e. The first-order chi connectivity index (χ1) is 8.59. The summed E-state index contributed by atoms with van der Waals surface area (Å²) in [6, 6.07) is -0.334. The van der Waals surface area contributed by atoms with E-state index in [2.05, 4.69) is 10.6 Å². The highest BCUT2D eigenvalue weighted by molar-refractivity contribution is 5.74. The van der Waals surface area contributed by atoms with Gasteiger partial charge in [-0.05, 0) is 18.8 Å². The Morgan fingerprint density at radius 1 is 1.28 bits per heavy atom. The Hall–Kier alpha value is -1.34. The van der Waals surface area contributed by atoms with Gasteiger partial charge in [0, 0.05) is 32.7 Å². The quantitative estimate of drug-likeness (QED) is 0.517. The fourth-order valence-corrected chi connectivity index (χ4v) is 1.70. The minimum atomic E-state index is -1.43. The van der Waals surface area contributed by atoms with Crippen molar-refractivity contribution < 1.29 is 24.5 Å². The van der Waals surface area contributed by atoms with Crippen LogP contribution in [0.3, 0.4) is 0 Å². The van der Waals surface area contributed by atoms with Crippen LogP contribution in [0.15, 0.2) is 0 Å². The molecule has 104 valence electrons. The molecule has 1 fully saturated rings. The number of hydrogen-bond donors (Lipinski definition) is 4. The molecule has 7 nitrogen and oxygen atoms in total. The molecular formula is C11H20N2O5. The fourth-order valence-electron chi connectivity index (χ4n) is 1.70. The maximum Gasteiger partial charge on any atom is 0.332 e. The number of aliphatic carboxylic acids is 1. The molecule has 18 heavy (non-hydrogen) atoms. The van der Waals surface area contributed by atoms with Crippen molar-refractivity contribution in [1.82, 2.24) is 10.6 Å². The molecule has 1 unspecified atom stereocenters. The summed E-state index contributed by atoms with van der Waals surface area (Å²) in [5.74, 6) is -0.839. The van der Waals surface area contributed by atoms with Gasteiger partial charge in [0.05, 0.1) is 0 Å². The van der Waals surface area contributed by atoms with E-state index in [-0.39, 0.29) is 19.0 Å². The summed E-state index contributed by atoms with van der Waals surface area (Å²) in [7, 11) is 0. The minimum Gasteiger partial charge on any atom is -0.479 e. The number of ether oxygens (including phenoxy) is 1. The van der Waals surface area contributed by atoms with E-state index in [0.717, 1.165) is 26.1 Å². The van der Waals surface area contributed by atoms with Crippen LogP contribution in [0.25, 0.3) is 0 Å². The highest BCUT2D eigenvalue weighted by Crippen LogP contribution is 2.12. The summed E-state index contributed by atoms with van der Waals surface area (Å²) >= 11 is 0. The molecule has 1 aliphatic heterocycles. The van der Waals surface area contributed by atoms with E-state index in [9.17, 15) is 9.59 Å². The number of carbonyl (C=O) groups excluding carboxylic acids is 1. The number of carboxylic acids is 1. The lowest BCUT2D eigenvalue weighted by Crippen LogP contribution is -2.40. The lowest BCUT2D eigenvalue weighted by Gasteiger charge is -2.22. The second-order valence-electron chi connectivity index (χ2n) is 4.34. The van der Waals surface area contributed by atoms with E-state index in [1.54, 1.807) is 0 Å². The van der Waals surface area contributed by atoms with Crippen molar-refractivity contribution in [2.45, 2.75) is 25.4 Å². The van der Waals surface area contributed by atoms with Gasteiger partial charge in [-0.1, -0.05) is 0 Å². The smallest absolute Gasteiger partial charge is 0.332 e. The summed E-state index contributed by atoms with van der Waals surface area (Å²) in [6.07, 6.45) is 0.455. The van der Waals surface area contributed by atoms with E-state index >= 15 is 0 Å². The fraction of sp³-hybridized carbons (Fsp3) is 0.818. The Morgan fingerprint density at radius 2 is 1.94 bits per heavy atom. The van der Waals surface area contributed by atoms with Crippen molar-refractivity contribution in [3.8, 4) is 0 Å².